The van der Waals surface area contributed by atoms with Crippen LogP contribution in [0.5, 0.6) is 0 Å². The predicted octanol–water partition coefficient (Wildman–Crippen LogP) is 5.13. The third-order valence-electron chi connectivity index (χ3n) is 4.30. The second-order valence-corrected chi connectivity index (χ2v) is 7.82. The maximum absolute atomic E-state index is 12.8. The van der Waals surface area contributed by atoms with Crippen molar-refractivity contribution in [3.05, 3.63) is 77.4 Å². The molecule has 0 radical (unpaired) electrons. The highest BCUT2D eigenvalue weighted by atomic mass is 35.5. The van der Waals surface area contributed by atoms with Crippen molar-refractivity contribution in [2.45, 2.75) is 5.03 Å². The number of nitrogens with one attached hydrogen (secondary N) is 2. The molecule has 0 bridgehead atoms. The van der Waals surface area contributed by atoms with Crippen molar-refractivity contribution in [1.82, 2.24) is 4.98 Å². The molecule has 2 heterocycles. The molecule has 6 nitrogen and oxygen atoms in total. The Bertz CT molecular complexity index is 1080. The summed E-state index contributed by atoms with van der Waals surface area (Å²) < 4.78 is 0. The van der Waals surface area contributed by atoms with Crippen LogP contribution < -0.4 is 15.5 Å². The summed E-state index contributed by atoms with van der Waals surface area (Å²) in [6.45, 7) is 0.587. The highest BCUT2D eigenvalue weighted by Gasteiger charge is 2.23. The quantitative estimate of drug-likeness (QED) is 0.611. The van der Waals surface area contributed by atoms with E-state index >= 15 is 0 Å². The van der Waals surface area contributed by atoms with E-state index in [-0.39, 0.29) is 11.9 Å². The van der Waals surface area contributed by atoms with Crippen molar-refractivity contribution in [3.63, 3.8) is 0 Å². The van der Waals surface area contributed by atoms with E-state index in [0.717, 1.165) is 16.5 Å². The molecule has 0 unspecified atom stereocenters. The van der Waals surface area contributed by atoms with E-state index in [0.29, 0.717) is 28.5 Å². The molecule has 8 heteroatoms. The molecule has 29 heavy (non-hydrogen) atoms. The topological polar surface area (TPSA) is 74.3 Å². The number of nitrogens with zero attached hydrogens (tertiary/aromatic N) is 2. The molecule has 3 aromatic rings. The molecule has 1 aliphatic heterocycles. The highest BCUT2D eigenvalue weighted by Crippen LogP contribution is 2.32. The number of rotatable bonds is 3. The van der Waals surface area contributed by atoms with E-state index in [1.165, 1.54) is 0 Å². The smallest absolute Gasteiger partial charge is 0.322 e. The molecule has 2 aromatic carbocycles. The molecular formula is C21H17ClN4O2S. The first-order chi connectivity index (χ1) is 14.1. The summed E-state index contributed by atoms with van der Waals surface area (Å²) in [7, 11) is 0. The Kier molecular flexibility index (Phi) is 5.69. The molecule has 0 spiro atoms. The zero-order chi connectivity index (χ0) is 20.2. The van der Waals surface area contributed by atoms with Crippen LogP contribution in [0.1, 0.15) is 10.4 Å². The zero-order valence-electron chi connectivity index (χ0n) is 15.3. The number of aromatic nitrogens is 1. The average molecular weight is 425 g/mol. The standard InChI is InChI=1S/C21H17ClN4O2S/c22-15-5-2-7-17(13-15)24-19(27)14-4-1-6-16(12-14)25-21(28)26-10-11-29-20-18(26)8-3-9-23-20/h1-9,12-13H,10-11H2,(H,24,27)(H,25,28). The van der Waals surface area contributed by atoms with Crippen LogP contribution in [0.25, 0.3) is 0 Å². The van der Waals surface area contributed by atoms with Gasteiger partial charge < -0.3 is 10.6 Å². The molecule has 3 amide bonds. The average Bonchev–Trinajstić information content (AvgIpc) is 2.73. The third-order valence-corrected chi connectivity index (χ3v) is 5.51. The number of pyridine rings is 1. The van der Waals surface area contributed by atoms with Crippen molar-refractivity contribution >= 4 is 52.4 Å². The molecule has 4 rings (SSSR count). The first-order valence-corrected chi connectivity index (χ1v) is 10.3. The Morgan fingerprint density at radius 2 is 1.79 bits per heavy atom. The minimum Gasteiger partial charge on any atom is -0.322 e. The zero-order valence-corrected chi connectivity index (χ0v) is 16.8. The van der Waals surface area contributed by atoms with Gasteiger partial charge >= 0.3 is 6.03 Å². The van der Waals surface area contributed by atoms with E-state index in [1.807, 2.05) is 12.1 Å². The van der Waals surface area contributed by atoms with Gasteiger partial charge in [-0.05, 0) is 48.5 Å². The van der Waals surface area contributed by atoms with Gasteiger partial charge in [0.25, 0.3) is 5.91 Å². The van der Waals surface area contributed by atoms with Gasteiger partial charge in [0.15, 0.2) is 0 Å². The van der Waals surface area contributed by atoms with Gasteiger partial charge in [0.05, 0.1) is 5.69 Å². The number of amides is 3. The van der Waals surface area contributed by atoms with Crippen molar-refractivity contribution in [2.75, 3.05) is 27.8 Å². The van der Waals surface area contributed by atoms with Crippen LogP contribution in [-0.4, -0.2) is 29.2 Å². The largest absolute Gasteiger partial charge is 0.326 e. The molecule has 0 aliphatic carbocycles. The van der Waals surface area contributed by atoms with Gasteiger partial charge in [-0.15, -0.1) is 11.8 Å². The number of thioether (sulfide) groups is 1. The minimum absolute atomic E-state index is 0.257. The molecule has 0 saturated heterocycles. The first-order valence-electron chi connectivity index (χ1n) is 8.93. The van der Waals surface area contributed by atoms with E-state index in [2.05, 4.69) is 15.6 Å². The maximum atomic E-state index is 12.8. The number of carbonyl (C=O) groups excluding carboxylic acids is 2. The molecule has 0 fully saturated rings. The minimum atomic E-state index is -0.285. The Morgan fingerprint density at radius 3 is 2.62 bits per heavy atom. The fourth-order valence-corrected chi connectivity index (χ4v) is 4.08. The second-order valence-electron chi connectivity index (χ2n) is 6.30. The molecular weight excluding hydrogens is 408 g/mol. The SMILES string of the molecule is O=C(Nc1cccc(Cl)c1)c1cccc(NC(=O)N2CCSc3ncccc32)c1. The van der Waals surface area contributed by atoms with Gasteiger partial charge in [0.2, 0.25) is 0 Å². The third kappa shape index (κ3) is 4.52. The van der Waals surface area contributed by atoms with Gasteiger partial charge in [-0.25, -0.2) is 9.78 Å². The van der Waals surface area contributed by atoms with Gasteiger partial charge in [-0.2, -0.15) is 0 Å². The lowest BCUT2D eigenvalue weighted by Gasteiger charge is -2.28. The molecule has 2 N–H and O–H groups in total. The summed E-state index contributed by atoms with van der Waals surface area (Å²) in [5.41, 5.74) is 2.36. The highest BCUT2D eigenvalue weighted by molar-refractivity contribution is 7.99. The normalized spacial score (nSPS) is 12.8. The van der Waals surface area contributed by atoms with E-state index < -0.39 is 0 Å². The van der Waals surface area contributed by atoms with Crippen LogP contribution >= 0.6 is 23.4 Å². The van der Waals surface area contributed by atoms with Crippen molar-refractivity contribution in [3.8, 4) is 0 Å². The number of hydrogen-bond acceptors (Lipinski definition) is 4. The lowest BCUT2D eigenvalue weighted by Crippen LogP contribution is -2.38. The van der Waals surface area contributed by atoms with E-state index in [9.17, 15) is 9.59 Å². The Labute approximate surface area is 177 Å². The molecule has 1 aromatic heterocycles. The molecule has 146 valence electrons. The van der Waals surface area contributed by atoms with Crippen LogP contribution in [0, 0.1) is 0 Å². The summed E-state index contributed by atoms with van der Waals surface area (Å²) in [5.74, 6) is 0.492. The number of urea groups is 1. The summed E-state index contributed by atoms with van der Waals surface area (Å²) in [5, 5.41) is 7.04. The Balaban J connectivity index is 1.48. The number of fused-ring (bicyclic) bond motifs is 1. The van der Waals surface area contributed by atoms with Gasteiger partial charge in [0.1, 0.15) is 5.03 Å². The van der Waals surface area contributed by atoms with Crippen molar-refractivity contribution in [1.29, 1.82) is 0 Å². The lowest BCUT2D eigenvalue weighted by atomic mass is 10.2. The van der Waals surface area contributed by atoms with Crippen LogP contribution in [-0.2, 0) is 0 Å². The number of carbonyl (C=O) groups is 2. The second kappa shape index (κ2) is 8.55. The van der Waals surface area contributed by atoms with Gasteiger partial charge in [0, 0.05) is 40.5 Å². The molecule has 0 atom stereocenters. The van der Waals surface area contributed by atoms with Crippen molar-refractivity contribution in [2.24, 2.45) is 0 Å². The number of halogens is 1. The van der Waals surface area contributed by atoms with Crippen molar-refractivity contribution < 1.29 is 9.59 Å². The molecule has 1 aliphatic rings. The number of benzene rings is 2. The number of hydrogen-bond donors (Lipinski definition) is 2. The number of anilines is 3. The first kappa shape index (κ1) is 19.3. The molecule has 0 saturated carbocycles. The fraction of sp³-hybridized carbons (Fsp3) is 0.0952. The monoisotopic (exact) mass is 424 g/mol. The fourth-order valence-electron chi connectivity index (χ4n) is 2.96. The van der Waals surface area contributed by atoms with Gasteiger partial charge in [-0.3, -0.25) is 9.69 Å². The lowest BCUT2D eigenvalue weighted by molar-refractivity contribution is 0.102. The van der Waals surface area contributed by atoms with Crippen LogP contribution in [0.3, 0.4) is 0 Å². The Hall–Kier alpha value is -3.03. The summed E-state index contributed by atoms with van der Waals surface area (Å²) in [6, 6.07) is 17.2. The Morgan fingerprint density at radius 1 is 1.00 bits per heavy atom. The van der Waals surface area contributed by atoms with Gasteiger partial charge in [-0.1, -0.05) is 23.7 Å². The summed E-state index contributed by atoms with van der Waals surface area (Å²) >= 11 is 7.59. The van der Waals surface area contributed by atoms with Crippen LogP contribution in [0.4, 0.5) is 21.9 Å². The maximum Gasteiger partial charge on any atom is 0.326 e. The van der Waals surface area contributed by atoms with Crippen LogP contribution in [0.2, 0.25) is 5.02 Å². The van der Waals surface area contributed by atoms with E-state index in [4.69, 9.17) is 11.6 Å². The predicted molar refractivity (Wildman–Crippen MR) is 117 cm³/mol. The van der Waals surface area contributed by atoms with Crippen LogP contribution in [0.15, 0.2) is 71.9 Å². The summed E-state index contributed by atoms with van der Waals surface area (Å²) in [4.78, 5) is 31.3. The van der Waals surface area contributed by atoms with E-state index in [1.54, 1.807) is 71.4 Å². The summed E-state index contributed by atoms with van der Waals surface area (Å²) in [6.07, 6.45) is 1.72.